The number of halogens is 1. The Balaban J connectivity index is 2.20. The van der Waals surface area contributed by atoms with Crippen molar-refractivity contribution in [3.05, 3.63) is 10.8 Å². The molecule has 0 unspecified atom stereocenters. The number of guanidine groups is 1. The molecule has 9 N–H and O–H groups in total. The van der Waals surface area contributed by atoms with Gasteiger partial charge in [-0.15, -0.1) is 0 Å². The number of anilines is 2. The first kappa shape index (κ1) is 21.2. The zero-order valence-electron chi connectivity index (χ0n) is 13.8. The second kappa shape index (κ2) is 10.9. The van der Waals surface area contributed by atoms with Gasteiger partial charge in [-0.05, 0) is 12.8 Å². The lowest BCUT2D eigenvalue weighted by Gasteiger charge is -2.10. The summed E-state index contributed by atoms with van der Waals surface area (Å²) in [6.45, 7) is 1.55. The van der Waals surface area contributed by atoms with Crippen molar-refractivity contribution in [1.29, 1.82) is 5.41 Å². The quantitative estimate of drug-likeness (QED) is 0.167. The third kappa shape index (κ3) is 7.81. The van der Waals surface area contributed by atoms with E-state index in [1.54, 1.807) is 0 Å². The summed E-state index contributed by atoms with van der Waals surface area (Å²) in [6.07, 6.45) is 0.0853. The van der Waals surface area contributed by atoms with Gasteiger partial charge in [-0.25, -0.2) is 14.8 Å². The number of hydrogen-bond acceptors (Lipinski definition) is 8. The zero-order chi connectivity index (χ0) is 19.5. The van der Waals surface area contributed by atoms with E-state index in [9.17, 15) is 9.59 Å². The molecule has 0 spiro atoms. The van der Waals surface area contributed by atoms with Gasteiger partial charge in [0.05, 0.1) is 0 Å². The van der Waals surface area contributed by atoms with Gasteiger partial charge in [-0.3, -0.25) is 15.5 Å². The summed E-state index contributed by atoms with van der Waals surface area (Å²) in [5.41, 5.74) is 10.8. The van der Waals surface area contributed by atoms with Crippen LogP contribution in [0.2, 0.25) is 5.15 Å². The second-order valence-corrected chi connectivity index (χ2v) is 5.30. The Morgan fingerprint density at radius 3 is 2.35 bits per heavy atom. The van der Waals surface area contributed by atoms with Crippen LogP contribution in [0, 0.1) is 5.41 Å². The number of nitrogens with zero attached hydrogens (tertiary/aromatic N) is 2. The third-order valence-electron chi connectivity index (χ3n) is 2.87. The molecule has 0 aliphatic heterocycles. The van der Waals surface area contributed by atoms with E-state index >= 15 is 0 Å². The maximum absolute atomic E-state index is 12.0. The maximum atomic E-state index is 12.0. The molecular weight excluding hydrogens is 368 g/mol. The first-order valence-corrected chi connectivity index (χ1v) is 7.96. The number of nitrogen functional groups attached to an aromatic ring is 2. The van der Waals surface area contributed by atoms with Crippen LogP contribution in [0.1, 0.15) is 23.3 Å². The highest BCUT2D eigenvalue weighted by molar-refractivity contribution is 6.31. The number of rotatable bonds is 9. The molecule has 12 nitrogen and oxygen atoms in total. The minimum absolute atomic E-state index is 0.0901. The van der Waals surface area contributed by atoms with Gasteiger partial charge in [0.25, 0.3) is 5.91 Å². The van der Waals surface area contributed by atoms with Gasteiger partial charge in [0, 0.05) is 26.3 Å². The number of hydrogen-bond donors (Lipinski definition) is 7. The molecule has 0 fully saturated rings. The van der Waals surface area contributed by atoms with Crippen molar-refractivity contribution in [2.45, 2.75) is 12.8 Å². The predicted molar refractivity (Wildman–Crippen MR) is 95.1 cm³/mol. The van der Waals surface area contributed by atoms with E-state index in [2.05, 4.69) is 25.9 Å². The van der Waals surface area contributed by atoms with Crippen molar-refractivity contribution >= 4 is 41.2 Å². The highest BCUT2D eigenvalue weighted by atomic mass is 35.5. The van der Waals surface area contributed by atoms with Crippen LogP contribution >= 0.6 is 11.6 Å². The van der Waals surface area contributed by atoms with E-state index in [4.69, 9.17) is 38.3 Å². The number of amides is 2. The van der Waals surface area contributed by atoms with Crippen molar-refractivity contribution in [3.8, 4) is 0 Å². The number of ether oxygens (including phenoxy) is 1. The third-order valence-corrected chi connectivity index (χ3v) is 3.15. The van der Waals surface area contributed by atoms with E-state index in [1.165, 1.54) is 0 Å². The number of carboxylic acid groups (broad SMARTS) is 1. The summed E-state index contributed by atoms with van der Waals surface area (Å²) in [5, 5.41) is 23.0. The van der Waals surface area contributed by atoms with Gasteiger partial charge in [-0.1, -0.05) is 11.6 Å². The molecule has 1 aromatic rings. The second-order valence-electron chi connectivity index (χ2n) is 4.94. The van der Waals surface area contributed by atoms with Crippen LogP contribution in [0.25, 0.3) is 0 Å². The normalized spacial score (nSPS) is 10.2. The summed E-state index contributed by atoms with van der Waals surface area (Å²) in [7, 11) is 0. The maximum Gasteiger partial charge on any atom is 0.404 e. The lowest BCUT2D eigenvalue weighted by molar-refractivity contribution is 0.0971. The van der Waals surface area contributed by atoms with E-state index in [0.717, 1.165) is 0 Å². The van der Waals surface area contributed by atoms with Crippen molar-refractivity contribution in [2.75, 3.05) is 37.8 Å². The number of carbonyl (C=O) groups is 2. The number of carbonyl (C=O) groups excluding carboxylic acids is 1. The lowest BCUT2D eigenvalue weighted by Crippen LogP contribution is -2.41. The average Bonchev–Trinajstić information content (AvgIpc) is 2.56. The zero-order valence-corrected chi connectivity index (χ0v) is 14.6. The van der Waals surface area contributed by atoms with E-state index in [0.29, 0.717) is 39.1 Å². The fourth-order valence-corrected chi connectivity index (χ4v) is 1.81. The van der Waals surface area contributed by atoms with Crippen LogP contribution in [0.15, 0.2) is 0 Å². The fourth-order valence-electron chi connectivity index (χ4n) is 1.68. The molecule has 0 aliphatic carbocycles. The molecule has 1 aromatic heterocycles. The summed E-state index contributed by atoms with van der Waals surface area (Å²) < 4.78 is 5.30. The molecule has 13 heteroatoms. The molecule has 0 bridgehead atoms. The van der Waals surface area contributed by atoms with Crippen molar-refractivity contribution < 1.29 is 19.4 Å². The standard InChI is InChI=1S/C13H21ClN8O4/c14-8-10(16)21-9(15)7(20-8)11(23)22-12(17)18-3-1-5-26-6-2-4-19-13(24)25/h19H,1-6H2,(H,24,25)(H4,15,16,21)(H3,17,18,22,23). The Hall–Kier alpha value is -2.86. The molecule has 0 radical (unpaired) electrons. The minimum Gasteiger partial charge on any atom is -0.465 e. The van der Waals surface area contributed by atoms with Crippen molar-refractivity contribution in [3.63, 3.8) is 0 Å². The van der Waals surface area contributed by atoms with Crippen LogP contribution in [0.4, 0.5) is 16.4 Å². The highest BCUT2D eigenvalue weighted by Crippen LogP contribution is 2.16. The molecule has 1 heterocycles. The van der Waals surface area contributed by atoms with Gasteiger partial charge in [-0.2, -0.15) is 0 Å². The first-order chi connectivity index (χ1) is 12.3. The highest BCUT2D eigenvalue weighted by Gasteiger charge is 2.16. The van der Waals surface area contributed by atoms with Crippen LogP contribution in [-0.2, 0) is 4.74 Å². The van der Waals surface area contributed by atoms with Gasteiger partial charge in [0.2, 0.25) is 0 Å². The molecule has 0 atom stereocenters. The van der Waals surface area contributed by atoms with Gasteiger partial charge in [0.15, 0.2) is 28.4 Å². The van der Waals surface area contributed by atoms with Crippen molar-refractivity contribution in [1.82, 2.24) is 25.9 Å². The minimum atomic E-state index is -1.07. The van der Waals surface area contributed by atoms with E-state index in [1.807, 2.05) is 0 Å². The smallest absolute Gasteiger partial charge is 0.404 e. The average molecular weight is 389 g/mol. The molecular formula is C13H21ClN8O4. The van der Waals surface area contributed by atoms with Gasteiger partial charge in [0.1, 0.15) is 0 Å². The first-order valence-electron chi connectivity index (χ1n) is 7.58. The molecule has 0 saturated heterocycles. The largest absolute Gasteiger partial charge is 0.465 e. The molecule has 0 aliphatic rings. The number of aromatic nitrogens is 2. The molecule has 26 heavy (non-hydrogen) atoms. The Morgan fingerprint density at radius 1 is 1.12 bits per heavy atom. The summed E-state index contributed by atoms with van der Waals surface area (Å²) in [4.78, 5) is 29.6. The van der Waals surface area contributed by atoms with Gasteiger partial charge >= 0.3 is 6.09 Å². The van der Waals surface area contributed by atoms with E-state index < -0.39 is 12.0 Å². The topological polar surface area (TPSA) is 201 Å². The Bertz CT molecular complexity index is 657. The number of nitrogens with two attached hydrogens (primary N) is 2. The molecule has 1 rings (SSSR count). The number of nitrogens with one attached hydrogen (secondary N) is 4. The Morgan fingerprint density at radius 2 is 1.73 bits per heavy atom. The Kier molecular flexibility index (Phi) is 8.87. The van der Waals surface area contributed by atoms with Crippen LogP contribution in [0.5, 0.6) is 0 Å². The lowest BCUT2D eigenvalue weighted by atomic mass is 10.4. The molecule has 0 aromatic carbocycles. The molecule has 144 valence electrons. The van der Waals surface area contributed by atoms with Crippen LogP contribution in [-0.4, -0.2) is 59.3 Å². The van der Waals surface area contributed by atoms with E-state index in [-0.39, 0.29) is 28.4 Å². The van der Waals surface area contributed by atoms with Crippen LogP contribution in [0.3, 0.4) is 0 Å². The fraction of sp³-hybridized carbons (Fsp3) is 0.462. The summed E-state index contributed by atoms with van der Waals surface area (Å²) >= 11 is 5.70. The van der Waals surface area contributed by atoms with Crippen LogP contribution < -0.4 is 27.4 Å². The van der Waals surface area contributed by atoms with Crippen molar-refractivity contribution in [2.24, 2.45) is 0 Å². The molecule has 2 amide bonds. The predicted octanol–water partition coefficient (Wildman–Crippen LogP) is -0.387. The molecule has 0 saturated carbocycles. The monoisotopic (exact) mass is 388 g/mol. The SMILES string of the molecule is N=C(NCCCOCCCNC(=O)O)NC(=O)c1nc(Cl)c(N)nc1N. The summed E-state index contributed by atoms with van der Waals surface area (Å²) in [5.74, 6) is -1.26. The van der Waals surface area contributed by atoms with Gasteiger partial charge < -0.3 is 31.9 Å². The Labute approximate surface area is 154 Å². The summed E-state index contributed by atoms with van der Waals surface area (Å²) in [6, 6.07) is 0.